The first-order chi connectivity index (χ1) is 15.0. The van der Waals surface area contributed by atoms with Crippen molar-refractivity contribution < 1.29 is 0 Å². The average molecular weight is 438 g/mol. The molecule has 0 fully saturated rings. The van der Waals surface area contributed by atoms with Crippen molar-refractivity contribution in [2.75, 3.05) is 20.1 Å². The average Bonchev–Trinajstić information content (AvgIpc) is 2.73. The molecule has 0 rings (SSSR count). The maximum atomic E-state index is 2.37. The van der Waals surface area contributed by atoms with E-state index in [1.165, 1.54) is 16.7 Å². The van der Waals surface area contributed by atoms with Crippen LogP contribution in [-0.4, -0.2) is 25.0 Å². The molecule has 0 aromatic heterocycles. The molecule has 0 radical (unpaired) electrons. The lowest BCUT2D eigenvalue weighted by Gasteiger charge is -2.20. The highest BCUT2D eigenvalue weighted by atomic mass is 15.1. The van der Waals surface area contributed by atoms with Crippen LogP contribution >= 0.6 is 0 Å². The number of hydrogen-bond acceptors (Lipinski definition) is 1. The van der Waals surface area contributed by atoms with E-state index in [0.717, 1.165) is 13.1 Å². The first-order valence-electron chi connectivity index (χ1n) is 12.4. The molecule has 1 nitrogen and oxygen atoms in total. The standard InChI is InChI=1S/C31H51N/c1-12-18-30(31(8,9)10)20-17-15-16-19-27(7)29(24-32(11)14-3)23-28(13-2)22-21-26(6)25(4)5/h12-13,15-23,25-27H,14,24H2,1-11H3/b17-15+,18-12-,19-16+,22-21-,28-13+,29-23+,30-20+. The molecule has 0 aliphatic heterocycles. The van der Waals surface area contributed by atoms with Gasteiger partial charge in [0.25, 0.3) is 0 Å². The van der Waals surface area contributed by atoms with E-state index in [1.807, 2.05) is 0 Å². The molecule has 0 aromatic rings. The van der Waals surface area contributed by atoms with E-state index in [2.05, 4.69) is 148 Å². The largest absolute Gasteiger partial charge is 0.303 e. The van der Waals surface area contributed by atoms with E-state index in [4.69, 9.17) is 0 Å². The number of likely N-dealkylation sites (N-methyl/N-ethyl adjacent to an activating group) is 1. The molecule has 2 atom stereocenters. The first kappa shape index (κ1) is 30.1. The summed E-state index contributed by atoms with van der Waals surface area (Å²) in [5, 5.41) is 0. The summed E-state index contributed by atoms with van der Waals surface area (Å²) >= 11 is 0. The molecular weight excluding hydrogens is 386 g/mol. The minimum absolute atomic E-state index is 0.151. The summed E-state index contributed by atoms with van der Waals surface area (Å²) in [7, 11) is 2.19. The normalized spacial score (nSPS) is 17.2. The molecule has 180 valence electrons. The van der Waals surface area contributed by atoms with Gasteiger partial charge in [0.05, 0.1) is 0 Å². The van der Waals surface area contributed by atoms with Crippen LogP contribution in [0, 0.1) is 23.2 Å². The molecule has 0 saturated carbocycles. The summed E-state index contributed by atoms with van der Waals surface area (Å²) in [6.45, 7) is 24.3. The summed E-state index contributed by atoms with van der Waals surface area (Å²) in [5.41, 5.74) is 4.21. The van der Waals surface area contributed by atoms with Crippen LogP contribution in [0.3, 0.4) is 0 Å². The first-order valence-corrected chi connectivity index (χ1v) is 12.4. The fourth-order valence-electron chi connectivity index (χ4n) is 2.98. The number of rotatable bonds is 12. The Labute approximate surface area is 201 Å². The maximum absolute atomic E-state index is 2.37. The summed E-state index contributed by atoms with van der Waals surface area (Å²) in [6, 6.07) is 0. The van der Waals surface area contributed by atoms with Gasteiger partial charge in [-0.2, -0.15) is 0 Å². The quantitative estimate of drug-likeness (QED) is 0.275. The SMILES string of the molecule is C\C=C/C(=C\C=C\C=C\C(C)/C(=C/C(/C=C\C(C)C(C)C)=C/C)CN(C)CC)C(C)(C)C. The zero-order valence-corrected chi connectivity index (χ0v) is 22.9. The van der Waals surface area contributed by atoms with E-state index in [1.54, 1.807) is 0 Å². The van der Waals surface area contributed by atoms with E-state index < -0.39 is 0 Å². The van der Waals surface area contributed by atoms with Gasteiger partial charge in [0.2, 0.25) is 0 Å². The second kappa shape index (κ2) is 15.9. The Hall–Kier alpha value is -1.86. The topological polar surface area (TPSA) is 3.24 Å². The van der Waals surface area contributed by atoms with Gasteiger partial charge in [0, 0.05) is 6.54 Å². The van der Waals surface area contributed by atoms with Crippen molar-refractivity contribution >= 4 is 0 Å². The third-order valence-corrected chi connectivity index (χ3v) is 6.02. The lowest BCUT2D eigenvalue weighted by molar-refractivity contribution is 0.374. The summed E-state index contributed by atoms with van der Waals surface area (Å²) in [6.07, 6.45) is 24.5. The second-order valence-corrected chi connectivity index (χ2v) is 10.2. The molecule has 0 aromatic carbocycles. The van der Waals surface area contributed by atoms with Gasteiger partial charge in [0.15, 0.2) is 0 Å². The van der Waals surface area contributed by atoms with Crippen molar-refractivity contribution in [1.82, 2.24) is 4.90 Å². The van der Waals surface area contributed by atoms with Crippen molar-refractivity contribution in [2.24, 2.45) is 23.2 Å². The molecule has 0 aliphatic rings. The lowest BCUT2D eigenvalue weighted by atomic mass is 9.86. The summed E-state index contributed by atoms with van der Waals surface area (Å²) in [4.78, 5) is 2.37. The summed E-state index contributed by atoms with van der Waals surface area (Å²) < 4.78 is 0. The molecule has 0 spiro atoms. The van der Waals surface area contributed by atoms with E-state index in [9.17, 15) is 0 Å². The van der Waals surface area contributed by atoms with Crippen LogP contribution in [-0.2, 0) is 0 Å². The molecule has 0 heterocycles. The molecule has 0 aliphatic carbocycles. The van der Waals surface area contributed by atoms with Crippen LogP contribution in [0.4, 0.5) is 0 Å². The third-order valence-electron chi connectivity index (χ3n) is 6.02. The minimum Gasteiger partial charge on any atom is -0.303 e. The molecule has 32 heavy (non-hydrogen) atoms. The van der Waals surface area contributed by atoms with Gasteiger partial charge in [-0.15, -0.1) is 0 Å². The van der Waals surface area contributed by atoms with Crippen molar-refractivity contribution in [3.63, 3.8) is 0 Å². The highest BCUT2D eigenvalue weighted by molar-refractivity contribution is 5.36. The predicted octanol–water partition coefficient (Wildman–Crippen LogP) is 8.96. The van der Waals surface area contributed by atoms with Gasteiger partial charge in [-0.1, -0.05) is 122 Å². The van der Waals surface area contributed by atoms with Gasteiger partial charge >= 0.3 is 0 Å². The zero-order chi connectivity index (χ0) is 24.7. The molecule has 0 N–H and O–H groups in total. The second-order valence-electron chi connectivity index (χ2n) is 10.2. The fourth-order valence-corrected chi connectivity index (χ4v) is 2.98. The maximum Gasteiger partial charge on any atom is 0.0198 e. The number of nitrogens with zero attached hydrogens (tertiary/aromatic N) is 1. The van der Waals surface area contributed by atoms with Crippen LogP contribution in [0.25, 0.3) is 0 Å². The van der Waals surface area contributed by atoms with Crippen molar-refractivity contribution in [1.29, 1.82) is 0 Å². The minimum atomic E-state index is 0.151. The van der Waals surface area contributed by atoms with Gasteiger partial charge in [-0.3, -0.25) is 0 Å². The van der Waals surface area contributed by atoms with E-state index in [-0.39, 0.29) is 5.41 Å². The van der Waals surface area contributed by atoms with Crippen molar-refractivity contribution in [2.45, 2.75) is 69.2 Å². The Bertz CT molecular complexity index is 729. The highest BCUT2D eigenvalue weighted by Crippen LogP contribution is 2.26. The molecule has 0 saturated heterocycles. The van der Waals surface area contributed by atoms with Crippen LogP contribution in [0.2, 0.25) is 0 Å². The fraction of sp³-hybridized carbons (Fsp3) is 0.548. The number of hydrogen-bond donors (Lipinski definition) is 0. The van der Waals surface area contributed by atoms with Crippen molar-refractivity contribution in [3.8, 4) is 0 Å². The Morgan fingerprint density at radius 1 is 0.906 bits per heavy atom. The van der Waals surface area contributed by atoms with Gasteiger partial charge in [0.1, 0.15) is 0 Å². The Kier molecular flexibility index (Phi) is 14.9. The molecule has 2 unspecified atom stereocenters. The van der Waals surface area contributed by atoms with Gasteiger partial charge < -0.3 is 4.90 Å². The lowest BCUT2D eigenvalue weighted by Crippen LogP contribution is -2.22. The smallest absolute Gasteiger partial charge is 0.0198 e. The van der Waals surface area contributed by atoms with E-state index in [0.29, 0.717) is 17.8 Å². The Morgan fingerprint density at radius 2 is 1.56 bits per heavy atom. The van der Waals surface area contributed by atoms with Crippen LogP contribution < -0.4 is 0 Å². The molecule has 0 bridgehead atoms. The molecule has 0 amide bonds. The van der Waals surface area contributed by atoms with Crippen molar-refractivity contribution in [3.05, 3.63) is 83.6 Å². The molecular formula is C31H51N. The third kappa shape index (κ3) is 12.9. The van der Waals surface area contributed by atoms with E-state index >= 15 is 0 Å². The molecule has 1 heteroatoms. The zero-order valence-electron chi connectivity index (χ0n) is 22.9. The predicted molar refractivity (Wildman–Crippen MR) is 148 cm³/mol. The van der Waals surface area contributed by atoms with Gasteiger partial charge in [-0.25, -0.2) is 0 Å². The Morgan fingerprint density at radius 3 is 2.06 bits per heavy atom. The Balaban J connectivity index is 5.60. The monoisotopic (exact) mass is 437 g/mol. The van der Waals surface area contributed by atoms with Crippen LogP contribution in [0.1, 0.15) is 69.2 Å². The number of allylic oxidation sites excluding steroid dienone is 13. The van der Waals surface area contributed by atoms with Crippen LogP contribution in [0.15, 0.2) is 83.6 Å². The summed E-state index contributed by atoms with van der Waals surface area (Å²) in [5.74, 6) is 1.62. The highest BCUT2D eigenvalue weighted by Gasteiger charge is 2.13. The van der Waals surface area contributed by atoms with Crippen LogP contribution in [0.5, 0.6) is 0 Å². The van der Waals surface area contributed by atoms with Gasteiger partial charge in [-0.05, 0) is 67.3 Å².